The molecule has 0 saturated carbocycles. The van der Waals surface area contributed by atoms with Gasteiger partial charge in [0.25, 0.3) is 0 Å². The fraction of sp³-hybridized carbons (Fsp3) is 0.429. The summed E-state index contributed by atoms with van der Waals surface area (Å²) in [6.45, 7) is 9.60. The number of aryl methyl sites for hydroxylation is 1. The molecule has 0 aliphatic heterocycles. The number of rotatable bonds is 16. The number of nitrogens with one attached hydrogen (secondary N) is 3. The van der Waals surface area contributed by atoms with E-state index in [1.807, 2.05) is 38.1 Å². The van der Waals surface area contributed by atoms with Gasteiger partial charge in [0.15, 0.2) is 0 Å². The predicted octanol–water partition coefficient (Wildman–Crippen LogP) is 4.53. The minimum atomic E-state index is -1.07. The first-order chi connectivity index (χ1) is 18.0. The van der Waals surface area contributed by atoms with Crippen LogP contribution in [0.4, 0.5) is 5.69 Å². The highest BCUT2D eigenvalue weighted by Gasteiger charge is 2.24. The van der Waals surface area contributed by atoms with E-state index in [1.165, 1.54) is 22.2 Å². The average Bonchev–Trinajstić information content (AvgIpc) is 3.28. The lowest BCUT2D eigenvalue weighted by Gasteiger charge is -2.25. The highest BCUT2D eigenvalue weighted by atomic mass is 32.2. The van der Waals surface area contributed by atoms with E-state index < -0.39 is 23.8 Å². The first-order valence-electron chi connectivity index (χ1n) is 12.5. The fourth-order valence-corrected chi connectivity index (χ4v) is 5.57. The van der Waals surface area contributed by atoms with E-state index in [-0.39, 0.29) is 35.8 Å². The van der Waals surface area contributed by atoms with Gasteiger partial charge in [-0.05, 0) is 60.9 Å². The number of benzene rings is 1. The Bertz CT molecular complexity index is 1130. The van der Waals surface area contributed by atoms with Crippen molar-refractivity contribution in [2.24, 2.45) is 0 Å². The smallest absolute Gasteiger partial charge is 0.303 e. The number of anilines is 1. The molecule has 10 heteroatoms. The summed E-state index contributed by atoms with van der Waals surface area (Å²) >= 11 is 3.17. The van der Waals surface area contributed by atoms with Crippen molar-refractivity contribution in [2.75, 3.05) is 17.6 Å². The second kappa shape index (κ2) is 15.3. The van der Waals surface area contributed by atoms with Gasteiger partial charge in [-0.15, -0.1) is 29.7 Å². The largest absolute Gasteiger partial charge is 0.481 e. The van der Waals surface area contributed by atoms with Crippen molar-refractivity contribution < 1.29 is 24.3 Å². The van der Waals surface area contributed by atoms with Gasteiger partial charge >= 0.3 is 5.97 Å². The molecular formula is C28H37N3O5S2. The number of aliphatic carboxylic acids is 1. The van der Waals surface area contributed by atoms with E-state index in [2.05, 4.69) is 40.9 Å². The van der Waals surface area contributed by atoms with Gasteiger partial charge < -0.3 is 21.1 Å². The number of allylic oxidation sites excluding steroid dienone is 1. The molecule has 2 atom stereocenters. The minimum absolute atomic E-state index is 0.0821. The van der Waals surface area contributed by atoms with Crippen LogP contribution in [0.25, 0.3) is 0 Å². The Hall–Kier alpha value is -3.11. The van der Waals surface area contributed by atoms with Gasteiger partial charge in [-0.25, -0.2) is 0 Å². The Kier molecular flexibility index (Phi) is 12.6. The molecule has 1 aromatic carbocycles. The van der Waals surface area contributed by atoms with Gasteiger partial charge in [-0.3, -0.25) is 19.2 Å². The van der Waals surface area contributed by atoms with Crippen molar-refractivity contribution in [2.45, 2.75) is 63.7 Å². The number of carboxylic acid groups (broad SMARTS) is 1. The van der Waals surface area contributed by atoms with Crippen LogP contribution >= 0.6 is 23.1 Å². The van der Waals surface area contributed by atoms with Crippen molar-refractivity contribution >= 4 is 52.5 Å². The second-order valence-corrected chi connectivity index (χ2v) is 11.9. The Balaban J connectivity index is 1.94. The monoisotopic (exact) mass is 559 g/mol. The molecule has 0 aliphatic rings. The van der Waals surface area contributed by atoms with Crippen LogP contribution in [0.15, 0.2) is 48.4 Å². The van der Waals surface area contributed by atoms with Gasteiger partial charge in [-0.1, -0.05) is 32.1 Å². The molecule has 1 heterocycles. The van der Waals surface area contributed by atoms with Gasteiger partial charge in [0.05, 0.1) is 12.3 Å². The third-order valence-corrected chi connectivity index (χ3v) is 8.59. The second-order valence-electron chi connectivity index (χ2n) is 9.37. The van der Waals surface area contributed by atoms with E-state index in [0.717, 1.165) is 24.8 Å². The van der Waals surface area contributed by atoms with Crippen molar-refractivity contribution in [3.63, 3.8) is 0 Å². The normalized spacial score (nSPS) is 13.1. The number of amides is 3. The number of thiophene rings is 1. The van der Waals surface area contributed by atoms with E-state index in [0.29, 0.717) is 5.69 Å². The van der Waals surface area contributed by atoms with Crippen LogP contribution < -0.4 is 16.0 Å². The lowest BCUT2D eigenvalue weighted by molar-refractivity contribution is -0.137. The zero-order valence-corrected chi connectivity index (χ0v) is 23.8. The molecule has 0 radical (unpaired) electrons. The lowest BCUT2D eigenvalue weighted by atomic mass is 10.0. The van der Waals surface area contributed by atoms with Crippen molar-refractivity contribution in [1.29, 1.82) is 0 Å². The van der Waals surface area contributed by atoms with E-state index in [1.54, 1.807) is 17.4 Å². The number of carbonyl (C=O) groups excluding carboxylic acids is 3. The molecule has 0 fully saturated rings. The zero-order chi connectivity index (χ0) is 28.1. The Morgan fingerprint density at radius 1 is 1.21 bits per heavy atom. The fourth-order valence-electron chi connectivity index (χ4n) is 3.64. The summed E-state index contributed by atoms with van der Waals surface area (Å²) in [7, 11) is 0. The summed E-state index contributed by atoms with van der Waals surface area (Å²) in [6.07, 6.45) is 3.81. The van der Waals surface area contributed by atoms with Gasteiger partial charge in [0, 0.05) is 28.2 Å². The van der Waals surface area contributed by atoms with Crippen LogP contribution in [-0.4, -0.2) is 51.9 Å². The Morgan fingerprint density at radius 3 is 2.61 bits per heavy atom. The first-order valence-corrected chi connectivity index (χ1v) is 14.4. The molecule has 2 aromatic rings. The third-order valence-electron chi connectivity index (χ3n) is 5.98. The van der Waals surface area contributed by atoms with Gasteiger partial charge in [0.2, 0.25) is 17.7 Å². The van der Waals surface area contributed by atoms with Crippen LogP contribution in [0, 0.1) is 6.92 Å². The number of hydrogen-bond donors (Lipinski definition) is 4. The molecule has 1 aromatic heterocycles. The highest BCUT2D eigenvalue weighted by Crippen LogP contribution is 2.32. The summed E-state index contributed by atoms with van der Waals surface area (Å²) in [6, 6.07) is 8.46. The molecule has 38 heavy (non-hydrogen) atoms. The van der Waals surface area contributed by atoms with E-state index >= 15 is 0 Å². The lowest BCUT2D eigenvalue weighted by Crippen LogP contribution is -2.48. The molecular weight excluding hydrogens is 522 g/mol. The van der Waals surface area contributed by atoms with Crippen molar-refractivity contribution in [3.8, 4) is 0 Å². The first kappa shape index (κ1) is 31.1. The van der Waals surface area contributed by atoms with Crippen LogP contribution in [0.5, 0.6) is 0 Å². The van der Waals surface area contributed by atoms with E-state index in [4.69, 9.17) is 5.11 Å². The van der Waals surface area contributed by atoms with Crippen molar-refractivity contribution in [1.82, 2.24) is 10.6 Å². The van der Waals surface area contributed by atoms with Gasteiger partial charge in [0.1, 0.15) is 6.04 Å². The molecule has 3 amide bonds. The molecule has 1 unspecified atom stereocenters. The summed E-state index contributed by atoms with van der Waals surface area (Å²) in [5.74, 6) is -2.27. The average molecular weight is 560 g/mol. The molecule has 2 rings (SSSR count). The predicted molar refractivity (Wildman–Crippen MR) is 155 cm³/mol. The van der Waals surface area contributed by atoms with Crippen LogP contribution in [0.1, 0.15) is 55.5 Å². The molecule has 8 nitrogen and oxygen atoms in total. The maximum absolute atomic E-state index is 13.0. The third kappa shape index (κ3) is 11.1. The number of hydrogen-bond acceptors (Lipinski definition) is 6. The summed E-state index contributed by atoms with van der Waals surface area (Å²) < 4.78 is -0.110. The van der Waals surface area contributed by atoms with Crippen LogP contribution in [-0.2, 0) is 25.6 Å². The molecule has 0 bridgehead atoms. The SMILES string of the molecule is C=CCC(C)(CC)SCC(=O)NCC(=O)N[C@@H](CCC(=O)O)C(=O)Nc1cccc(Cc2cc(C)cs2)c1. The van der Waals surface area contributed by atoms with Gasteiger partial charge in [-0.2, -0.15) is 0 Å². The Labute approximate surface area is 232 Å². The topological polar surface area (TPSA) is 125 Å². The van der Waals surface area contributed by atoms with E-state index in [9.17, 15) is 19.2 Å². The highest BCUT2D eigenvalue weighted by molar-refractivity contribution is 8.01. The molecule has 0 spiro atoms. The van der Waals surface area contributed by atoms with Crippen molar-refractivity contribution in [3.05, 3.63) is 64.4 Å². The summed E-state index contributed by atoms with van der Waals surface area (Å²) in [5.41, 5.74) is 2.77. The summed E-state index contributed by atoms with van der Waals surface area (Å²) in [5, 5.41) is 19.1. The summed E-state index contributed by atoms with van der Waals surface area (Å²) in [4.78, 5) is 50.1. The molecule has 4 N–H and O–H groups in total. The number of carbonyl (C=O) groups is 4. The zero-order valence-electron chi connectivity index (χ0n) is 22.2. The Morgan fingerprint density at radius 2 is 1.97 bits per heavy atom. The maximum atomic E-state index is 13.0. The number of thioether (sulfide) groups is 1. The minimum Gasteiger partial charge on any atom is -0.481 e. The van der Waals surface area contributed by atoms with Crippen LogP contribution in [0.3, 0.4) is 0 Å². The number of carboxylic acids is 1. The standard InChI is InChI=1S/C28H37N3O5S2/c1-5-12-28(4,6-2)38-18-25(33)29-16-24(32)31-23(10-11-26(34)35)27(36)30-21-9-7-8-20(14-21)15-22-13-19(3)17-37-22/h5,7-9,13-14,17,23H,1,6,10-12,15-16,18H2,2-4H3,(H,29,33)(H,30,36)(H,31,32)(H,34,35)/t23-,28?/m0/s1. The van der Waals surface area contributed by atoms with Crippen LogP contribution in [0.2, 0.25) is 0 Å². The quantitative estimate of drug-likeness (QED) is 0.224. The molecule has 0 saturated heterocycles. The molecule has 206 valence electrons. The molecule has 0 aliphatic carbocycles. The maximum Gasteiger partial charge on any atom is 0.303 e.